The van der Waals surface area contributed by atoms with Gasteiger partial charge in [-0.3, -0.25) is 9.48 Å². The largest absolute Gasteiger partial charge is 0.264 e. The molecular weight excluding hydrogens is 376 g/mol. The number of unbranched alkanes of at least 4 members (excludes halogenated alkanes) is 14. The van der Waals surface area contributed by atoms with Gasteiger partial charge >= 0.3 is 0 Å². The highest BCUT2D eigenvalue weighted by atomic mass is 15.3. The van der Waals surface area contributed by atoms with Crippen molar-refractivity contribution in [2.75, 3.05) is 26.7 Å². The number of hydrogen-bond donors (Lipinski definition) is 0. The molecule has 0 radical (unpaired) electrons. The smallest absolute Gasteiger partial charge is 0.249 e. The number of hydrogen-bond acceptors (Lipinski definition) is 1. The number of rotatable bonds is 21. The summed E-state index contributed by atoms with van der Waals surface area (Å²) < 4.78 is 2.50. The van der Waals surface area contributed by atoms with Crippen LogP contribution in [0.2, 0.25) is 0 Å². The lowest BCUT2D eigenvalue weighted by atomic mass is 9.99. The van der Waals surface area contributed by atoms with E-state index >= 15 is 0 Å². The van der Waals surface area contributed by atoms with Gasteiger partial charge in [-0.1, -0.05) is 110 Å². The van der Waals surface area contributed by atoms with Crippen LogP contribution in [-0.4, -0.2) is 42.0 Å². The van der Waals surface area contributed by atoms with Crippen molar-refractivity contribution in [2.45, 2.75) is 136 Å². The van der Waals surface area contributed by atoms with Crippen LogP contribution in [0.25, 0.3) is 0 Å². The summed E-state index contributed by atoms with van der Waals surface area (Å²) in [4.78, 5) is 2.63. The Kier molecular flexibility index (Phi) is 18.1. The molecule has 1 atom stereocenters. The zero-order valence-electron chi connectivity index (χ0n) is 22.0. The van der Waals surface area contributed by atoms with Gasteiger partial charge in [0.2, 0.25) is 5.84 Å². The first-order valence-corrected chi connectivity index (χ1v) is 14.2. The highest BCUT2D eigenvalue weighted by Crippen LogP contribution is 2.18. The molecular formula is C29H57N2+. The van der Waals surface area contributed by atoms with E-state index in [9.17, 15) is 0 Å². The number of nitrogens with zero attached hydrogens (tertiary/aromatic N) is 2. The van der Waals surface area contributed by atoms with Crippen molar-refractivity contribution in [3.8, 4) is 0 Å². The summed E-state index contributed by atoms with van der Waals surface area (Å²) in [5, 5.41) is 0. The molecule has 0 aromatic carbocycles. The van der Waals surface area contributed by atoms with E-state index in [4.69, 9.17) is 0 Å². The molecule has 0 amide bonds. The normalized spacial score (nSPS) is 15.5. The molecule has 1 rings (SSSR count). The Hall–Kier alpha value is -0.790. The average Bonchev–Trinajstić information content (AvgIpc) is 3.13. The van der Waals surface area contributed by atoms with Crippen LogP contribution in [0.15, 0.2) is 12.2 Å². The van der Waals surface area contributed by atoms with Gasteiger partial charge in [0.1, 0.15) is 13.1 Å². The molecule has 0 saturated carbocycles. The van der Waals surface area contributed by atoms with Crippen LogP contribution in [0, 0.1) is 5.92 Å². The number of amidine groups is 1. The fourth-order valence-corrected chi connectivity index (χ4v) is 5.11. The molecule has 0 aromatic rings. The van der Waals surface area contributed by atoms with Gasteiger partial charge in [0.15, 0.2) is 0 Å². The van der Waals surface area contributed by atoms with Gasteiger partial charge in [-0.25, -0.2) is 0 Å². The first kappa shape index (κ1) is 28.2. The molecule has 31 heavy (non-hydrogen) atoms. The highest BCUT2D eigenvalue weighted by molar-refractivity contribution is 5.80. The first-order valence-electron chi connectivity index (χ1n) is 14.2. The van der Waals surface area contributed by atoms with E-state index in [1.54, 1.807) is 5.84 Å². The predicted molar refractivity (Wildman–Crippen MR) is 140 cm³/mol. The van der Waals surface area contributed by atoms with Crippen molar-refractivity contribution in [2.24, 2.45) is 5.92 Å². The van der Waals surface area contributed by atoms with Crippen LogP contribution >= 0.6 is 0 Å². The second kappa shape index (κ2) is 19.9. The minimum Gasteiger partial charge on any atom is -0.264 e. The second-order valence-corrected chi connectivity index (χ2v) is 10.1. The highest BCUT2D eigenvalue weighted by Gasteiger charge is 2.31. The van der Waals surface area contributed by atoms with Gasteiger partial charge in [0.05, 0.1) is 19.5 Å². The van der Waals surface area contributed by atoms with Gasteiger partial charge in [0.25, 0.3) is 0 Å². The molecule has 1 aliphatic heterocycles. The molecule has 2 heteroatoms. The molecule has 0 spiro atoms. The van der Waals surface area contributed by atoms with Crippen molar-refractivity contribution >= 4 is 5.84 Å². The zero-order chi connectivity index (χ0) is 22.6. The first-order chi connectivity index (χ1) is 15.2. The fraction of sp³-hybridized carbons (Fsp3) is 0.897. The molecule has 182 valence electrons. The van der Waals surface area contributed by atoms with E-state index in [1.165, 1.54) is 135 Å². The van der Waals surface area contributed by atoms with Crippen LogP contribution in [0.3, 0.4) is 0 Å². The third-order valence-electron chi connectivity index (χ3n) is 7.00. The molecule has 1 aliphatic rings. The standard InChI is InChI=1S/C29H57N2/c1-5-7-8-9-10-11-12-13-14-15-16-17-18-19-20-21-22-23-24-28(3)29-30(4)26-27-31(29)25-6-2/h13-14,28H,5-12,15-27H2,1-4H3/q+1/b14-13-. The van der Waals surface area contributed by atoms with Crippen molar-refractivity contribution in [3.63, 3.8) is 0 Å². The Balaban J connectivity index is 1.87. The third kappa shape index (κ3) is 14.1. The summed E-state index contributed by atoms with van der Waals surface area (Å²) in [6.45, 7) is 10.7. The van der Waals surface area contributed by atoms with Crippen molar-refractivity contribution < 1.29 is 4.58 Å². The van der Waals surface area contributed by atoms with Gasteiger partial charge < -0.3 is 0 Å². The molecule has 0 saturated heterocycles. The molecule has 1 heterocycles. The summed E-state index contributed by atoms with van der Waals surface area (Å²) in [7, 11) is 2.28. The van der Waals surface area contributed by atoms with E-state index < -0.39 is 0 Å². The number of likely N-dealkylation sites (N-methyl/N-ethyl adjacent to an activating group) is 1. The summed E-state index contributed by atoms with van der Waals surface area (Å²) in [5.74, 6) is 2.34. The van der Waals surface area contributed by atoms with E-state index in [2.05, 4.69) is 49.4 Å². The Labute approximate surface area is 196 Å². The molecule has 0 aliphatic carbocycles. The van der Waals surface area contributed by atoms with Gasteiger partial charge in [-0.05, 0) is 38.5 Å². The number of allylic oxidation sites excluding steroid dienone is 2. The van der Waals surface area contributed by atoms with E-state index in [-0.39, 0.29) is 0 Å². The SMILES string of the molecule is CCCCCCCC/C=C\CCCCCCCCCCC(C)C1=[N+](C)CCN1CCC. The predicted octanol–water partition coefficient (Wildman–Crippen LogP) is 8.60. The van der Waals surface area contributed by atoms with E-state index in [1.807, 2.05) is 0 Å². The van der Waals surface area contributed by atoms with Crippen LogP contribution in [-0.2, 0) is 0 Å². The lowest BCUT2D eigenvalue weighted by molar-refractivity contribution is -0.489. The summed E-state index contributed by atoms with van der Waals surface area (Å²) >= 11 is 0. The van der Waals surface area contributed by atoms with E-state index in [0.717, 1.165) is 5.92 Å². The summed E-state index contributed by atoms with van der Waals surface area (Å²) in [6, 6.07) is 0. The van der Waals surface area contributed by atoms with Gasteiger partial charge in [0, 0.05) is 0 Å². The molecule has 0 fully saturated rings. The Morgan fingerprint density at radius 3 is 1.81 bits per heavy atom. The Morgan fingerprint density at radius 1 is 0.742 bits per heavy atom. The maximum atomic E-state index is 2.63. The maximum absolute atomic E-state index is 2.63. The van der Waals surface area contributed by atoms with Crippen molar-refractivity contribution in [1.82, 2.24) is 4.90 Å². The van der Waals surface area contributed by atoms with Gasteiger partial charge in [-0.2, -0.15) is 0 Å². The lowest BCUT2D eigenvalue weighted by Crippen LogP contribution is -2.34. The minimum atomic E-state index is 0.730. The lowest BCUT2D eigenvalue weighted by Gasteiger charge is -2.17. The van der Waals surface area contributed by atoms with Crippen LogP contribution < -0.4 is 0 Å². The molecule has 0 aromatic heterocycles. The van der Waals surface area contributed by atoms with Gasteiger partial charge in [-0.15, -0.1) is 0 Å². The minimum absolute atomic E-state index is 0.730. The van der Waals surface area contributed by atoms with E-state index in [0.29, 0.717) is 0 Å². The molecule has 1 unspecified atom stereocenters. The van der Waals surface area contributed by atoms with Crippen molar-refractivity contribution in [3.05, 3.63) is 12.2 Å². The molecule has 0 bridgehead atoms. The second-order valence-electron chi connectivity index (χ2n) is 10.1. The van der Waals surface area contributed by atoms with Crippen LogP contribution in [0.5, 0.6) is 0 Å². The summed E-state index contributed by atoms with van der Waals surface area (Å²) in [6.07, 6.45) is 30.0. The molecule has 0 N–H and O–H groups in total. The maximum Gasteiger partial charge on any atom is 0.249 e. The Bertz CT molecular complexity index is 465. The Morgan fingerprint density at radius 2 is 1.26 bits per heavy atom. The summed E-state index contributed by atoms with van der Waals surface area (Å²) in [5.41, 5.74) is 0. The van der Waals surface area contributed by atoms with Crippen molar-refractivity contribution in [1.29, 1.82) is 0 Å². The monoisotopic (exact) mass is 433 g/mol. The topological polar surface area (TPSA) is 6.25 Å². The van der Waals surface area contributed by atoms with Crippen LogP contribution in [0.4, 0.5) is 0 Å². The third-order valence-corrected chi connectivity index (χ3v) is 7.00. The molecule has 2 nitrogen and oxygen atoms in total. The van der Waals surface area contributed by atoms with Crippen LogP contribution in [0.1, 0.15) is 136 Å². The zero-order valence-corrected chi connectivity index (χ0v) is 22.0. The quantitative estimate of drug-likeness (QED) is 0.0997. The average molecular weight is 434 g/mol. The fourth-order valence-electron chi connectivity index (χ4n) is 5.11.